The number of benzene rings is 1. The molecule has 2 N–H and O–H groups in total. The largest absolute Gasteiger partial charge is 0.478 e. The summed E-state index contributed by atoms with van der Waals surface area (Å²) in [6.07, 6.45) is 1.58. The van der Waals surface area contributed by atoms with Crippen LogP contribution in [0.2, 0.25) is 0 Å². The van der Waals surface area contributed by atoms with Crippen molar-refractivity contribution < 1.29 is 14.3 Å². The Hall–Kier alpha value is -1.84. The van der Waals surface area contributed by atoms with Crippen molar-refractivity contribution in [2.24, 2.45) is 0 Å². The number of nitrogens with one attached hydrogen (secondary N) is 1. The zero-order valence-electron chi connectivity index (χ0n) is 9.04. The van der Waals surface area contributed by atoms with E-state index in [2.05, 4.69) is 4.98 Å². The minimum Gasteiger partial charge on any atom is -0.478 e. The van der Waals surface area contributed by atoms with E-state index in [1.165, 1.54) is 26.0 Å². The van der Waals surface area contributed by atoms with E-state index in [4.69, 9.17) is 5.11 Å². The highest BCUT2D eigenvalue weighted by molar-refractivity contribution is 5.94. The Morgan fingerprint density at radius 1 is 1.44 bits per heavy atom. The van der Waals surface area contributed by atoms with E-state index in [-0.39, 0.29) is 5.56 Å². The van der Waals surface area contributed by atoms with Gasteiger partial charge in [0.05, 0.1) is 5.56 Å². The van der Waals surface area contributed by atoms with Crippen LogP contribution in [0.4, 0.5) is 4.39 Å². The van der Waals surface area contributed by atoms with Crippen LogP contribution in [-0.2, 0) is 5.67 Å². The Balaban J connectivity index is 2.64. The number of hydrogen-bond acceptors (Lipinski definition) is 1. The molecule has 0 saturated heterocycles. The molecule has 3 nitrogen and oxygen atoms in total. The van der Waals surface area contributed by atoms with Crippen molar-refractivity contribution in [3.63, 3.8) is 0 Å². The second-order valence-corrected chi connectivity index (χ2v) is 4.24. The van der Waals surface area contributed by atoms with Gasteiger partial charge in [-0.2, -0.15) is 0 Å². The van der Waals surface area contributed by atoms with E-state index in [0.717, 1.165) is 5.39 Å². The minimum absolute atomic E-state index is 0.192. The highest BCUT2D eigenvalue weighted by Crippen LogP contribution is 2.31. The lowest BCUT2D eigenvalue weighted by Crippen LogP contribution is -2.07. The fraction of sp³-hybridized carbons (Fsp3) is 0.250. The molecule has 84 valence electrons. The lowest BCUT2D eigenvalue weighted by atomic mass is 9.99. The van der Waals surface area contributed by atoms with Gasteiger partial charge in [0, 0.05) is 22.7 Å². The molecule has 2 aromatic rings. The van der Waals surface area contributed by atoms with E-state index >= 15 is 0 Å². The fourth-order valence-corrected chi connectivity index (χ4v) is 1.75. The lowest BCUT2D eigenvalue weighted by molar-refractivity contribution is 0.0697. The van der Waals surface area contributed by atoms with Crippen LogP contribution in [0.5, 0.6) is 0 Å². The molecular weight excluding hydrogens is 209 g/mol. The van der Waals surface area contributed by atoms with Crippen molar-refractivity contribution in [1.82, 2.24) is 4.98 Å². The number of carbonyl (C=O) groups is 1. The number of rotatable bonds is 2. The molecule has 0 saturated carbocycles. The van der Waals surface area contributed by atoms with Gasteiger partial charge in [0.15, 0.2) is 0 Å². The molecule has 0 aliphatic heterocycles. The molecule has 4 heteroatoms. The van der Waals surface area contributed by atoms with E-state index < -0.39 is 11.6 Å². The van der Waals surface area contributed by atoms with Gasteiger partial charge in [-0.05, 0) is 26.0 Å². The van der Waals surface area contributed by atoms with Gasteiger partial charge < -0.3 is 10.1 Å². The first-order chi connectivity index (χ1) is 7.39. The molecule has 0 bridgehead atoms. The predicted octanol–water partition coefficient (Wildman–Crippen LogP) is 3.07. The van der Waals surface area contributed by atoms with Crippen molar-refractivity contribution in [3.05, 3.63) is 35.5 Å². The molecule has 2 rings (SSSR count). The van der Waals surface area contributed by atoms with Gasteiger partial charge >= 0.3 is 5.97 Å². The highest BCUT2D eigenvalue weighted by Gasteiger charge is 2.22. The summed E-state index contributed by atoms with van der Waals surface area (Å²) in [5.74, 6) is -0.988. The van der Waals surface area contributed by atoms with Gasteiger partial charge in [0.1, 0.15) is 5.67 Å². The van der Waals surface area contributed by atoms with E-state index in [0.29, 0.717) is 11.1 Å². The average molecular weight is 221 g/mol. The van der Waals surface area contributed by atoms with Gasteiger partial charge in [0.2, 0.25) is 0 Å². The van der Waals surface area contributed by atoms with E-state index in [1.807, 2.05) is 0 Å². The number of hydrogen-bond donors (Lipinski definition) is 2. The Morgan fingerprint density at radius 2 is 2.12 bits per heavy atom. The monoisotopic (exact) mass is 221 g/mol. The van der Waals surface area contributed by atoms with Crippen molar-refractivity contribution in [3.8, 4) is 0 Å². The number of fused-ring (bicyclic) bond motifs is 1. The second kappa shape index (κ2) is 3.33. The number of carboxylic acid groups (broad SMARTS) is 1. The smallest absolute Gasteiger partial charge is 0.335 e. The summed E-state index contributed by atoms with van der Waals surface area (Å²) in [5, 5.41) is 9.54. The van der Waals surface area contributed by atoms with Crippen LogP contribution in [-0.4, -0.2) is 16.1 Å². The Bertz CT molecular complexity index is 552. The maximum absolute atomic E-state index is 13.8. The molecule has 0 spiro atoms. The van der Waals surface area contributed by atoms with Crippen LogP contribution in [0, 0.1) is 0 Å². The van der Waals surface area contributed by atoms with Crippen LogP contribution in [0.1, 0.15) is 29.8 Å². The number of aromatic amines is 1. The maximum atomic E-state index is 13.8. The minimum atomic E-state index is -1.44. The lowest BCUT2D eigenvalue weighted by Gasteiger charge is -2.12. The molecule has 1 heterocycles. The quantitative estimate of drug-likeness (QED) is 0.818. The number of alkyl halides is 1. The van der Waals surface area contributed by atoms with Gasteiger partial charge in [-0.25, -0.2) is 9.18 Å². The third-order valence-corrected chi connectivity index (χ3v) is 2.57. The first-order valence-corrected chi connectivity index (χ1v) is 4.93. The summed E-state index contributed by atoms with van der Waals surface area (Å²) >= 11 is 0. The van der Waals surface area contributed by atoms with Crippen LogP contribution in [0.3, 0.4) is 0 Å². The van der Waals surface area contributed by atoms with Crippen LogP contribution in [0.25, 0.3) is 10.9 Å². The first kappa shape index (κ1) is 10.7. The van der Waals surface area contributed by atoms with Crippen molar-refractivity contribution in [1.29, 1.82) is 0 Å². The third-order valence-electron chi connectivity index (χ3n) is 2.57. The molecule has 16 heavy (non-hydrogen) atoms. The fourth-order valence-electron chi connectivity index (χ4n) is 1.75. The normalized spacial score (nSPS) is 11.9. The maximum Gasteiger partial charge on any atom is 0.335 e. The first-order valence-electron chi connectivity index (χ1n) is 4.93. The van der Waals surface area contributed by atoms with Crippen molar-refractivity contribution >= 4 is 16.9 Å². The Morgan fingerprint density at radius 3 is 2.69 bits per heavy atom. The summed E-state index contributed by atoms with van der Waals surface area (Å²) in [6.45, 7) is 2.95. The summed E-state index contributed by atoms with van der Waals surface area (Å²) in [7, 11) is 0. The van der Waals surface area contributed by atoms with Gasteiger partial charge in [-0.15, -0.1) is 0 Å². The molecule has 0 fully saturated rings. The molecule has 0 amide bonds. The van der Waals surface area contributed by atoms with Crippen LogP contribution >= 0.6 is 0 Å². The topological polar surface area (TPSA) is 53.1 Å². The van der Waals surface area contributed by atoms with E-state index in [9.17, 15) is 9.18 Å². The standard InChI is InChI=1S/C12H12FNO2/c1-12(2,13)9-6-14-10-5-7(11(15)16)3-4-8(9)10/h3-6,14H,1-2H3,(H,15,16). The number of carboxylic acids is 1. The molecule has 0 radical (unpaired) electrons. The number of H-pyrrole nitrogens is 1. The number of aromatic nitrogens is 1. The number of halogens is 1. The molecule has 0 unspecified atom stereocenters. The molecular formula is C12H12FNO2. The van der Waals surface area contributed by atoms with E-state index in [1.54, 1.807) is 12.3 Å². The van der Waals surface area contributed by atoms with Crippen LogP contribution < -0.4 is 0 Å². The van der Waals surface area contributed by atoms with Crippen LogP contribution in [0.15, 0.2) is 24.4 Å². The molecule has 0 aliphatic carbocycles. The summed E-state index contributed by atoms with van der Waals surface area (Å²) in [6, 6.07) is 4.62. The summed E-state index contributed by atoms with van der Waals surface area (Å²) < 4.78 is 13.8. The molecule has 1 aromatic heterocycles. The van der Waals surface area contributed by atoms with Crippen molar-refractivity contribution in [2.45, 2.75) is 19.5 Å². The Kier molecular flexibility index (Phi) is 2.22. The molecule has 0 aliphatic rings. The summed E-state index contributed by atoms with van der Waals surface area (Å²) in [4.78, 5) is 13.6. The highest BCUT2D eigenvalue weighted by atomic mass is 19.1. The van der Waals surface area contributed by atoms with Gasteiger partial charge in [-0.1, -0.05) is 6.07 Å². The third kappa shape index (κ3) is 1.66. The summed E-state index contributed by atoms with van der Waals surface area (Å²) in [5.41, 5.74) is -0.0687. The molecule has 1 aromatic carbocycles. The van der Waals surface area contributed by atoms with Gasteiger partial charge in [0.25, 0.3) is 0 Å². The zero-order valence-corrected chi connectivity index (χ0v) is 9.04. The van der Waals surface area contributed by atoms with Gasteiger partial charge in [-0.3, -0.25) is 0 Å². The molecule has 0 atom stereocenters. The second-order valence-electron chi connectivity index (χ2n) is 4.24. The Labute approximate surface area is 91.9 Å². The number of aromatic carboxylic acids is 1. The SMILES string of the molecule is CC(C)(F)c1c[nH]c2cc(C(=O)O)ccc12. The zero-order chi connectivity index (χ0) is 11.9. The predicted molar refractivity (Wildman–Crippen MR) is 59.4 cm³/mol. The average Bonchev–Trinajstić information content (AvgIpc) is 2.58. The van der Waals surface area contributed by atoms with Crippen molar-refractivity contribution in [2.75, 3.05) is 0 Å².